The second-order valence-electron chi connectivity index (χ2n) is 5.82. The van der Waals surface area contributed by atoms with Gasteiger partial charge >= 0.3 is 0 Å². The molecule has 0 aliphatic heterocycles. The number of hydrogen-bond donors (Lipinski definition) is 1. The van der Waals surface area contributed by atoms with Crippen LogP contribution in [0.15, 0.2) is 67.3 Å². The molecule has 0 amide bonds. The molecule has 121 valence electrons. The highest BCUT2D eigenvalue weighted by molar-refractivity contribution is 5.81. The van der Waals surface area contributed by atoms with E-state index in [4.69, 9.17) is 0 Å². The van der Waals surface area contributed by atoms with Gasteiger partial charge in [-0.1, -0.05) is 30.2 Å². The number of H-pyrrole nitrogens is 1. The Bertz CT molecular complexity index is 1290. The molecule has 0 aliphatic rings. The van der Waals surface area contributed by atoms with E-state index in [0.717, 1.165) is 39.1 Å². The maximum Gasteiger partial charge on any atom is 0.156 e. The minimum absolute atomic E-state index is 0.734. The Morgan fingerprint density at radius 3 is 2.77 bits per heavy atom. The molecule has 1 aromatic carbocycles. The van der Waals surface area contributed by atoms with Gasteiger partial charge < -0.3 is 0 Å². The fraction of sp³-hybridized carbons (Fsp3) is 0. The Morgan fingerprint density at radius 2 is 1.85 bits per heavy atom. The number of nitrogens with one attached hydrogen (secondary N) is 1. The van der Waals surface area contributed by atoms with Crippen LogP contribution in [0, 0.1) is 17.9 Å². The van der Waals surface area contributed by atoms with Crippen molar-refractivity contribution in [2.24, 2.45) is 0 Å². The molecule has 0 aliphatic carbocycles. The molecule has 5 rings (SSSR count). The number of rotatable bonds is 1. The first-order chi connectivity index (χ1) is 12.9. The summed E-state index contributed by atoms with van der Waals surface area (Å²) in [7, 11) is 0. The van der Waals surface area contributed by atoms with Crippen molar-refractivity contribution in [2.75, 3.05) is 0 Å². The van der Waals surface area contributed by atoms with E-state index in [1.54, 1.807) is 18.6 Å². The van der Waals surface area contributed by atoms with Crippen LogP contribution < -0.4 is 0 Å². The van der Waals surface area contributed by atoms with Crippen LogP contribution in [0.2, 0.25) is 0 Å². The molecule has 26 heavy (non-hydrogen) atoms. The largest absolute Gasteiger partial charge is 0.292 e. The number of pyridine rings is 2. The van der Waals surface area contributed by atoms with Gasteiger partial charge in [-0.05, 0) is 41.3 Å². The molecule has 0 bridgehead atoms. The lowest BCUT2D eigenvalue weighted by Crippen LogP contribution is -1.90. The molecule has 1 radical (unpaired) electrons. The molecule has 1 N–H and O–H groups in total. The third-order valence-corrected chi connectivity index (χ3v) is 4.24. The number of nitrogens with zero attached hydrogens (tertiary/aromatic N) is 4. The van der Waals surface area contributed by atoms with Crippen LogP contribution in [-0.4, -0.2) is 24.6 Å². The fourth-order valence-electron chi connectivity index (χ4n) is 2.91. The minimum atomic E-state index is 0.734. The van der Waals surface area contributed by atoms with Crippen molar-refractivity contribution < 1.29 is 0 Å². The van der Waals surface area contributed by atoms with Gasteiger partial charge in [0.2, 0.25) is 0 Å². The predicted octanol–water partition coefficient (Wildman–Crippen LogP) is 3.47. The van der Waals surface area contributed by atoms with Gasteiger partial charge in [-0.2, -0.15) is 5.10 Å². The summed E-state index contributed by atoms with van der Waals surface area (Å²) in [6.07, 6.45) is 7.31. The average molecular weight is 334 g/mol. The summed E-state index contributed by atoms with van der Waals surface area (Å²) in [5, 5.41) is 7.80. The van der Waals surface area contributed by atoms with Crippen molar-refractivity contribution in [3.05, 3.63) is 84.6 Å². The minimum Gasteiger partial charge on any atom is -0.292 e. The summed E-state index contributed by atoms with van der Waals surface area (Å²) in [6.45, 7) is 0. The van der Waals surface area contributed by atoms with Gasteiger partial charge in [-0.15, -0.1) is 0 Å². The maximum absolute atomic E-state index is 4.44. The summed E-state index contributed by atoms with van der Waals surface area (Å²) in [4.78, 5) is 8.68. The molecule has 0 atom stereocenters. The van der Waals surface area contributed by atoms with Crippen LogP contribution in [0.1, 0.15) is 11.3 Å². The van der Waals surface area contributed by atoms with Crippen molar-refractivity contribution in [1.82, 2.24) is 24.6 Å². The number of hydrogen-bond acceptors (Lipinski definition) is 3. The summed E-state index contributed by atoms with van der Waals surface area (Å²) < 4.78 is 2.01. The molecule has 0 unspecified atom stereocenters. The lowest BCUT2D eigenvalue weighted by atomic mass is 10.1. The van der Waals surface area contributed by atoms with Gasteiger partial charge in [-0.3, -0.25) is 9.50 Å². The zero-order chi connectivity index (χ0) is 17.3. The number of fused-ring (bicyclic) bond motifs is 2. The first kappa shape index (κ1) is 14.4. The normalized spacial score (nSPS) is 10.8. The molecule has 0 spiro atoms. The lowest BCUT2D eigenvalue weighted by molar-refractivity contribution is 1.10. The molecule has 5 nitrogen and oxygen atoms in total. The molecule has 5 heteroatoms. The number of aromatic nitrogens is 5. The summed E-state index contributed by atoms with van der Waals surface area (Å²) in [6, 6.07) is 16.9. The fourth-order valence-corrected chi connectivity index (χ4v) is 2.91. The zero-order valence-electron chi connectivity index (χ0n) is 13.6. The van der Waals surface area contributed by atoms with Crippen LogP contribution in [0.4, 0.5) is 0 Å². The van der Waals surface area contributed by atoms with E-state index in [1.807, 2.05) is 40.8 Å². The molecule has 0 saturated heterocycles. The standard InChI is InChI=1S/C21H12N5/c1-2-4-15(5-3-1)17-7-9-20-23-12-18(26(20)14-17)8-6-16-10-11-22-21-19(16)13-24-25-21/h2-5,7,9-14H,(H,22,24,25). The van der Waals surface area contributed by atoms with Gasteiger partial charge in [0.05, 0.1) is 17.8 Å². The van der Waals surface area contributed by atoms with Crippen molar-refractivity contribution >= 4 is 16.7 Å². The first-order valence-corrected chi connectivity index (χ1v) is 8.12. The summed E-state index contributed by atoms with van der Waals surface area (Å²) in [5.41, 5.74) is 5.55. The van der Waals surface area contributed by atoms with Crippen LogP contribution in [0.25, 0.3) is 27.8 Å². The van der Waals surface area contributed by atoms with E-state index in [2.05, 4.69) is 50.3 Å². The van der Waals surface area contributed by atoms with Crippen molar-refractivity contribution in [3.63, 3.8) is 0 Å². The van der Waals surface area contributed by atoms with Gasteiger partial charge in [-0.25, -0.2) is 9.97 Å². The van der Waals surface area contributed by atoms with E-state index in [9.17, 15) is 0 Å². The molecule has 4 heterocycles. The SMILES string of the molecule is C(#Cc1cnc2ccc(-c3cc[c]cc3)cn12)c1ccnc2[nH]ncc12. The Labute approximate surface area is 149 Å². The number of imidazole rings is 1. The van der Waals surface area contributed by atoms with Crippen molar-refractivity contribution in [3.8, 4) is 23.0 Å². The average Bonchev–Trinajstić information content (AvgIpc) is 3.33. The highest BCUT2D eigenvalue weighted by atomic mass is 15.1. The second-order valence-corrected chi connectivity index (χ2v) is 5.82. The summed E-state index contributed by atoms with van der Waals surface area (Å²) >= 11 is 0. The number of aromatic amines is 1. The first-order valence-electron chi connectivity index (χ1n) is 8.12. The van der Waals surface area contributed by atoms with Gasteiger partial charge in [0.15, 0.2) is 5.65 Å². The maximum atomic E-state index is 4.44. The Kier molecular flexibility index (Phi) is 3.26. The van der Waals surface area contributed by atoms with E-state index in [0.29, 0.717) is 0 Å². The van der Waals surface area contributed by atoms with Crippen LogP contribution in [0.5, 0.6) is 0 Å². The quantitative estimate of drug-likeness (QED) is 0.478. The highest BCUT2D eigenvalue weighted by Gasteiger charge is 2.05. The van der Waals surface area contributed by atoms with E-state index >= 15 is 0 Å². The van der Waals surface area contributed by atoms with Crippen molar-refractivity contribution in [1.29, 1.82) is 0 Å². The predicted molar refractivity (Wildman–Crippen MR) is 99.3 cm³/mol. The van der Waals surface area contributed by atoms with E-state index in [-0.39, 0.29) is 0 Å². The van der Waals surface area contributed by atoms with Gasteiger partial charge in [0.25, 0.3) is 0 Å². The molecular formula is C21H12N5. The van der Waals surface area contributed by atoms with Crippen LogP contribution >= 0.6 is 0 Å². The summed E-state index contributed by atoms with van der Waals surface area (Å²) in [5.74, 6) is 6.43. The molecule has 5 aromatic rings. The Hall–Kier alpha value is -3.91. The van der Waals surface area contributed by atoms with Crippen molar-refractivity contribution in [2.45, 2.75) is 0 Å². The number of benzene rings is 1. The molecule has 0 fully saturated rings. The lowest BCUT2D eigenvalue weighted by Gasteiger charge is -2.03. The second kappa shape index (κ2) is 5.87. The molecule has 0 saturated carbocycles. The Morgan fingerprint density at radius 1 is 0.923 bits per heavy atom. The third-order valence-electron chi connectivity index (χ3n) is 4.24. The van der Waals surface area contributed by atoms with Gasteiger partial charge in [0.1, 0.15) is 11.3 Å². The van der Waals surface area contributed by atoms with E-state index in [1.165, 1.54) is 0 Å². The zero-order valence-corrected chi connectivity index (χ0v) is 13.6. The van der Waals surface area contributed by atoms with E-state index < -0.39 is 0 Å². The molecule has 4 aromatic heterocycles. The molecular weight excluding hydrogens is 322 g/mol. The smallest absolute Gasteiger partial charge is 0.156 e. The van der Waals surface area contributed by atoms with Crippen LogP contribution in [-0.2, 0) is 0 Å². The van der Waals surface area contributed by atoms with Crippen LogP contribution in [0.3, 0.4) is 0 Å². The topological polar surface area (TPSA) is 58.9 Å². The monoisotopic (exact) mass is 334 g/mol. The Balaban J connectivity index is 1.61. The third kappa shape index (κ3) is 2.41. The highest BCUT2D eigenvalue weighted by Crippen LogP contribution is 2.20. The van der Waals surface area contributed by atoms with Gasteiger partial charge in [0, 0.05) is 18.0 Å².